The molecular formula is C23H18N2O3S. The van der Waals surface area contributed by atoms with Crippen LogP contribution in [0.25, 0.3) is 10.2 Å². The van der Waals surface area contributed by atoms with Gasteiger partial charge in [0.1, 0.15) is 0 Å². The zero-order chi connectivity index (χ0) is 19.8. The average Bonchev–Trinajstić information content (AvgIpc) is 3.39. The third-order valence-corrected chi connectivity index (χ3v) is 5.93. The molecule has 29 heavy (non-hydrogen) atoms. The number of hydrogen-bond donors (Lipinski definition) is 0. The van der Waals surface area contributed by atoms with Crippen LogP contribution in [0, 0.1) is 6.92 Å². The number of fused-ring (bicyclic) bond motifs is 2. The van der Waals surface area contributed by atoms with Crippen molar-refractivity contribution in [3.63, 3.8) is 0 Å². The molecule has 1 aliphatic rings. The number of aryl methyl sites for hydroxylation is 1. The van der Waals surface area contributed by atoms with Crippen molar-refractivity contribution in [2.45, 2.75) is 13.5 Å². The van der Waals surface area contributed by atoms with E-state index in [2.05, 4.69) is 0 Å². The van der Waals surface area contributed by atoms with Crippen LogP contribution >= 0.6 is 11.3 Å². The summed E-state index contributed by atoms with van der Waals surface area (Å²) in [7, 11) is 0. The molecule has 2 heterocycles. The third kappa shape index (κ3) is 3.32. The number of thiazole rings is 1. The van der Waals surface area contributed by atoms with E-state index in [1.165, 1.54) is 11.3 Å². The number of aromatic nitrogens is 1. The van der Waals surface area contributed by atoms with E-state index in [0.29, 0.717) is 28.7 Å². The molecule has 0 bridgehead atoms. The van der Waals surface area contributed by atoms with Gasteiger partial charge in [-0.05, 0) is 42.3 Å². The van der Waals surface area contributed by atoms with E-state index in [4.69, 9.17) is 14.5 Å². The first-order valence-corrected chi connectivity index (χ1v) is 10.1. The van der Waals surface area contributed by atoms with Gasteiger partial charge < -0.3 is 9.47 Å². The van der Waals surface area contributed by atoms with Crippen molar-refractivity contribution in [3.05, 3.63) is 83.4 Å². The van der Waals surface area contributed by atoms with Crippen LogP contribution in [0.5, 0.6) is 11.5 Å². The topological polar surface area (TPSA) is 51.7 Å². The van der Waals surface area contributed by atoms with E-state index in [1.807, 2.05) is 55.5 Å². The lowest BCUT2D eigenvalue weighted by Crippen LogP contribution is -2.30. The molecule has 1 amide bonds. The highest BCUT2D eigenvalue weighted by atomic mass is 32.1. The van der Waals surface area contributed by atoms with Crippen molar-refractivity contribution >= 4 is 32.6 Å². The highest BCUT2D eigenvalue weighted by Crippen LogP contribution is 2.35. The van der Waals surface area contributed by atoms with Crippen LogP contribution < -0.4 is 14.4 Å². The molecule has 1 aliphatic heterocycles. The van der Waals surface area contributed by atoms with Crippen molar-refractivity contribution in [2.24, 2.45) is 0 Å². The standard InChI is InChI=1S/C23H18N2O3S/c1-15-6-5-9-20-21(15)24-23(29-20)25(13-16-7-3-2-4-8-16)22(26)17-10-11-18-19(12-17)28-14-27-18/h2-12H,13-14H2,1H3. The second kappa shape index (κ2) is 7.22. The fourth-order valence-corrected chi connectivity index (χ4v) is 4.41. The van der Waals surface area contributed by atoms with E-state index in [-0.39, 0.29) is 12.7 Å². The van der Waals surface area contributed by atoms with E-state index in [0.717, 1.165) is 21.3 Å². The molecule has 0 unspecified atom stereocenters. The van der Waals surface area contributed by atoms with Gasteiger partial charge in [-0.15, -0.1) is 0 Å². The first-order valence-electron chi connectivity index (χ1n) is 9.30. The van der Waals surface area contributed by atoms with Crippen LogP contribution in [0.3, 0.4) is 0 Å². The van der Waals surface area contributed by atoms with Gasteiger partial charge in [0.05, 0.1) is 16.8 Å². The van der Waals surface area contributed by atoms with Crippen LogP contribution in [-0.2, 0) is 6.54 Å². The van der Waals surface area contributed by atoms with E-state index in [9.17, 15) is 4.79 Å². The quantitative estimate of drug-likeness (QED) is 0.472. The van der Waals surface area contributed by atoms with E-state index >= 15 is 0 Å². The van der Waals surface area contributed by atoms with Gasteiger partial charge in [-0.1, -0.05) is 53.8 Å². The predicted octanol–water partition coefficient (Wildman–Crippen LogP) is 5.18. The number of carbonyl (C=O) groups excluding carboxylic acids is 1. The number of anilines is 1. The average molecular weight is 402 g/mol. The van der Waals surface area contributed by atoms with Gasteiger partial charge in [0.15, 0.2) is 16.6 Å². The molecule has 6 heteroatoms. The predicted molar refractivity (Wildman–Crippen MR) is 114 cm³/mol. The molecule has 0 saturated carbocycles. The summed E-state index contributed by atoms with van der Waals surface area (Å²) < 4.78 is 11.9. The third-order valence-electron chi connectivity index (χ3n) is 4.89. The Kier molecular flexibility index (Phi) is 4.41. The minimum atomic E-state index is -0.121. The Morgan fingerprint density at radius 3 is 2.69 bits per heavy atom. The van der Waals surface area contributed by atoms with Gasteiger partial charge in [-0.2, -0.15) is 0 Å². The van der Waals surface area contributed by atoms with Crippen LogP contribution in [0.1, 0.15) is 21.5 Å². The molecule has 0 aliphatic carbocycles. The molecule has 1 aromatic heterocycles. The lowest BCUT2D eigenvalue weighted by molar-refractivity contribution is 0.0984. The highest BCUT2D eigenvalue weighted by Gasteiger charge is 2.24. The van der Waals surface area contributed by atoms with Crippen molar-refractivity contribution in [1.82, 2.24) is 4.98 Å². The van der Waals surface area contributed by atoms with Gasteiger partial charge in [0, 0.05) is 5.56 Å². The molecular weight excluding hydrogens is 384 g/mol. The van der Waals surface area contributed by atoms with Gasteiger partial charge in [-0.25, -0.2) is 4.98 Å². The highest BCUT2D eigenvalue weighted by molar-refractivity contribution is 7.22. The Morgan fingerprint density at radius 1 is 1.03 bits per heavy atom. The molecule has 0 atom stereocenters. The lowest BCUT2D eigenvalue weighted by Gasteiger charge is -2.20. The summed E-state index contributed by atoms with van der Waals surface area (Å²) in [6.07, 6.45) is 0. The number of rotatable bonds is 4. The summed E-state index contributed by atoms with van der Waals surface area (Å²) in [6.45, 7) is 2.65. The number of nitrogens with zero attached hydrogens (tertiary/aromatic N) is 2. The molecule has 4 aromatic rings. The minimum Gasteiger partial charge on any atom is -0.454 e. The number of hydrogen-bond acceptors (Lipinski definition) is 5. The second-order valence-corrected chi connectivity index (χ2v) is 7.87. The summed E-state index contributed by atoms with van der Waals surface area (Å²) in [4.78, 5) is 20.0. The number of benzene rings is 3. The first-order chi connectivity index (χ1) is 14.2. The SMILES string of the molecule is Cc1cccc2sc(N(Cc3ccccc3)C(=O)c3ccc4c(c3)OCO4)nc12. The minimum absolute atomic E-state index is 0.121. The van der Waals surface area contributed by atoms with Crippen molar-refractivity contribution in [3.8, 4) is 11.5 Å². The Bertz CT molecular complexity index is 1200. The largest absolute Gasteiger partial charge is 0.454 e. The molecule has 3 aromatic carbocycles. The van der Waals surface area contributed by atoms with Crippen molar-refractivity contribution < 1.29 is 14.3 Å². The zero-order valence-electron chi connectivity index (χ0n) is 15.8. The summed E-state index contributed by atoms with van der Waals surface area (Å²) in [6, 6.07) is 21.3. The Balaban J connectivity index is 1.57. The smallest absolute Gasteiger partial charge is 0.260 e. The summed E-state index contributed by atoms with van der Waals surface area (Å²) in [5.41, 5.74) is 3.61. The first kappa shape index (κ1) is 17.7. The number of amides is 1. The molecule has 144 valence electrons. The fraction of sp³-hybridized carbons (Fsp3) is 0.130. The Hall–Kier alpha value is -3.38. The monoisotopic (exact) mass is 402 g/mol. The molecule has 0 fully saturated rings. The van der Waals surface area contributed by atoms with Crippen molar-refractivity contribution in [2.75, 3.05) is 11.7 Å². The maximum atomic E-state index is 13.5. The zero-order valence-corrected chi connectivity index (χ0v) is 16.6. The lowest BCUT2D eigenvalue weighted by atomic mass is 10.1. The van der Waals surface area contributed by atoms with E-state index in [1.54, 1.807) is 23.1 Å². The van der Waals surface area contributed by atoms with Gasteiger partial charge in [0.25, 0.3) is 5.91 Å². The van der Waals surface area contributed by atoms with Gasteiger partial charge in [0.2, 0.25) is 6.79 Å². The molecule has 5 rings (SSSR count). The molecule has 5 nitrogen and oxygen atoms in total. The second-order valence-electron chi connectivity index (χ2n) is 6.86. The van der Waals surface area contributed by atoms with E-state index < -0.39 is 0 Å². The Labute approximate surface area is 172 Å². The maximum absolute atomic E-state index is 13.5. The number of para-hydroxylation sites is 1. The maximum Gasteiger partial charge on any atom is 0.260 e. The fourth-order valence-electron chi connectivity index (χ4n) is 3.37. The Morgan fingerprint density at radius 2 is 1.86 bits per heavy atom. The molecule has 0 radical (unpaired) electrons. The summed E-state index contributed by atoms with van der Waals surface area (Å²) in [5, 5.41) is 0.681. The van der Waals surface area contributed by atoms with Gasteiger partial charge >= 0.3 is 0 Å². The summed E-state index contributed by atoms with van der Waals surface area (Å²) >= 11 is 1.53. The van der Waals surface area contributed by atoms with Crippen molar-refractivity contribution in [1.29, 1.82) is 0 Å². The molecule has 0 saturated heterocycles. The van der Waals surface area contributed by atoms with Crippen LogP contribution in [0.4, 0.5) is 5.13 Å². The van der Waals surface area contributed by atoms with Crippen LogP contribution in [-0.4, -0.2) is 17.7 Å². The molecule has 0 N–H and O–H groups in total. The normalized spacial score (nSPS) is 12.3. The van der Waals surface area contributed by atoms with Crippen LogP contribution in [0.15, 0.2) is 66.7 Å². The number of ether oxygens (including phenoxy) is 2. The summed E-state index contributed by atoms with van der Waals surface area (Å²) in [5.74, 6) is 1.13. The molecule has 0 spiro atoms. The van der Waals surface area contributed by atoms with Gasteiger partial charge in [-0.3, -0.25) is 9.69 Å². The number of carbonyl (C=O) groups is 1. The van der Waals surface area contributed by atoms with Crippen LogP contribution in [0.2, 0.25) is 0 Å².